The molecule has 2 aromatic carbocycles. The lowest BCUT2D eigenvalue weighted by Crippen LogP contribution is -2.39. The lowest BCUT2D eigenvalue weighted by Gasteiger charge is -2.18. The number of imide groups is 2. The minimum Gasteiger partial charge on any atom is -0.324 e. The van der Waals surface area contributed by atoms with Crippen LogP contribution in [0.1, 0.15) is 37.3 Å². The summed E-state index contributed by atoms with van der Waals surface area (Å²) in [7, 11) is 0. The second-order valence-corrected chi connectivity index (χ2v) is 7.00. The van der Waals surface area contributed by atoms with E-state index >= 15 is 0 Å². The molecule has 0 unspecified atom stereocenters. The predicted molar refractivity (Wildman–Crippen MR) is 108 cm³/mol. The molecule has 1 atom stereocenters. The van der Waals surface area contributed by atoms with Crippen LogP contribution in [0.2, 0.25) is 0 Å². The monoisotopic (exact) mass is 393 g/mol. The molecule has 1 N–H and O–H groups in total. The van der Waals surface area contributed by atoms with Crippen molar-refractivity contribution in [1.82, 2.24) is 9.80 Å². The molecule has 29 heavy (non-hydrogen) atoms. The fourth-order valence-electron chi connectivity index (χ4n) is 3.19. The molecule has 2 aromatic rings. The van der Waals surface area contributed by atoms with Crippen LogP contribution in [0.4, 0.5) is 10.5 Å². The van der Waals surface area contributed by atoms with E-state index in [2.05, 4.69) is 19.2 Å². The maximum absolute atomic E-state index is 12.6. The SMILES string of the molecule is CC[C@H](C)c1ccccc1NC(=O)CN1C(=O)C(=O)N(Cc2ccccc2)C1=O. The predicted octanol–water partition coefficient (Wildman–Crippen LogP) is 3.13. The van der Waals surface area contributed by atoms with Crippen molar-refractivity contribution < 1.29 is 19.2 Å². The Labute approximate surface area is 169 Å². The average Bonchev–Trinajstić information content (AvgIpc) is 2.92. The third-order valence-electron chi connectivity index (χ3n) is 5.00. The van der Waals surface area contributed by atoms with Gasteiger partial charge in [0.05, 0.1) is 6.54 Å². The number of para-hydroxylation sites is 1. The van der Waals surface area contributed by atoms with Crippen molar-refractivity contribution >= 4 is 29.4 Å². The zero-order chi connectivity index (χ0) is 21.0. The van der Waals surface area contributed by atoms with Crippen LogP contribution in [0.25, 0.3) is 0 Å². The van der Waals surface area contributed by atoms with E-state index in [1.54, 1.807) is 36.4 Å². The van der Waals surface area contributed by atoms with Gasteiger partial charge in [0.25, 0.3) is 0 Å². The highest BCUT2D eigenvalue weighted by molar-refractivity contribution is 6.45. The number of hydrogen-bond donors (Lipinski definition) is 1. The van der Waals surface area contributed by atoms with Crippen molar-refractivity contribution in [3.8, 4) is 0 Å². The third-order valence-corrected chi connectivity index (χ3v) is 5.00. The van der Waals surface area contributed by atoms with E-state index in [9.17, 15) is 19.2 Å². The molecule has 1 aliphatic rings. The van der Waals surface area contributed by atoms with Crippen LogP contribution in [0.15, 0.2) is 54.6 Å². The Morgan fingerprint density at radius 3 is 2.24 bits per heavy atom. The number of hydrogen-bond acceptors (Lipinski definition) is 4. The Kier molecular flexibility index (Phi) is 6.07. The summed E-state index contributed by atoms with van der Waals surface area (Å²) < 4.78 is 0. The molecule has 5 amide bonds. The summed E-state index contributed by atoms with van der Waals surface area (Å²) in [6, 6.07) is 15.5. The maximum atomic E-state index is 12.6. The number of carbonyl (C=O) groups is 4. The highest BCUT2D eigenvalue weighted by atomic mass is 16.2. The van der Waals surface area contributed by atoms with Crippen LogP contribution in [0.3, 0.4) is 0 Å². The second-order valence-electron chi connectivity index (χ2n) is 7.00. The summed E-state index contributed by atoms with van der Waals surface area (Å²) in [5.41, 5.74) is 2.33. The number of nitrogens with one attached hydrogen (secondary N) is 1. The third kappa shape index (κ3) is 4.34. The Hall–Kier alpha value is -3.48. The quantitative estimate of drug-likeness (QED) is 0.578. The second kappa shape index (κ2) is 8.68. The highest BCUT2D eigenvalue weighted by Gasteiger charge is 2.45. The molecule has 0 radical (unpaired) electrons. The van der Waals surface area contributed by atoms with Crippen LogP contribution < -0.4 is 5.32 Å². The average molecular weight is 393 g/mol. The largest absolute Gasteiger partial charge is 0.335 e. The van der Waals surface area contributed by atoms with Crippen LogP contribution in [0, 0.1) is 0 Å². The molecule has 7 nitrogen and oxygen atoms in total. The fraction of sp³-hybridized carbons (Fsp3) is 0.273. The minimum absolute atomic E-state index is 0.0147. The molecule has 1 saturated heterocycles. The zero-order valence-corrected chi connectivity index (χ0v) is 16.4. The first kappa shape index (κ1) is 20.3. The first-order valence-corrected chi connectivity index (χ1v) is 9.52. The number of anilines is 1. The molecule has 150 valence electrons. The van der Waals surface area contributed by atoms with Gasteiger partial charge in [-0.3, -0.25) is 19.3 Å². The van der Waals surface area contributed by atoms with Crippen molar-refractivity contribution in [2.45, 2.75) is 32.7 Å². The molecule has 0 aliphatic carbocycles. The lowest BCUT2D eigenvalue weighted by molar-refractivity contribution is -0.143. The van der Waals surface area contributed by atoms with Gasteiger partial charge in [-0.2, -0.15) is 0 Å². The molecular weight excluding hydrogens is 370 g/mol. The maximum Gasteiger partial charge on any atom is 0.335 e. The first-order valence-electron chi connectivity index (χ1n) is 9.52. The number of nitrogens with zero attached hydrogens (tertiary/aromatic N) is 2. The van der Waals surface area contributed by atoms with Crippen molar-refractivity contribution in [1.29, 1.82) is 0 Å². The molecule has 3 rings (SSSR count). The molecule has 1 fully saturated rings. The Bertz CT molecular complexity index is 942. The summed E-state index contributed by atoms with van der Waals surface area (Å²) in [5, 5.41) is 2.76. The molecule has 0 aromatic heterocycles. The Balaban J connectivity index is 1.70. The lowest BCUT2D eigenvalue weighted by atomic mass is 9.97. The van der Waals surface area contributed by atoms with Crippen molar-refractivity contribution in [3.63, 3.8) is 0 Å². The van der Waals surface area contributed by atoms with Crippen LogP contribution in [0.5, 0.6) is 0 Å². The van der Waals surface area contributed by atoms with Crippen molar-refractivity contribution in [3.05, 3.63) is 65.7 Å². The van der Waals surface area contributed by atoms with Gasteiger partial charge in [-0.05, 0) is 29.5 Å². The van der Waals surface area contributed by atoms with Gasteiger partial charge in [0.2, 0.25) is 5.91 Å². The zero-order valence-electron chi connectivity index (χ0n) is 16.4. The summed E-state index contributed by atoms with van der Waals surface area (Å²) in [5.74, 6) is -2.20. The molecule has 1 aliphatic heterocycles. The molecular formula is C22H23N3O4. The van der Waals surface area contributed by atoms with E-state index in [1.807, 2.05) is 18.2 Å². The van der Waals surface area contributed by atoms with Crippen LogP contribution >= 0.6 is 0 Å². The topological polar surface area (TPSA) is 86.8 Å². The molecule has 0 spiro atoms. The first-order chi connectivity index (χ1) is 13.9. The van der Waals surface area contributed by atoms with Gasteiger partial charge in [-0.25, -0.2) is 9.69 Å². The summed E-state index contributed by atoms with van der Waals surface area (Å²) >= 11 is 0. The van der Waals surface area contributed by atoms with E-state index < -0.39 is 30.3 Å². The van der Waals surface area contributed by atoms with Crippen LogP contribution in [-0.2, 0) is 20.9 Å². The minimum atomic E-state index is -0.990. The van der Waals surface area contributed by atoms with Gasteiger partial charge in [0.1, 0.15) is 6.54 Å². The molecule has 1 heterocycles. The molecule has 7 heteroatoms. The number of benzene rings is 2. The number of amides is 5. The van der Waals surface area contributed by atoms with Gasteiger partial charge in [-0.15, -0.1) is 0 Å². The number of carbonyl (C=O) groups excluding carboxylic acids is 4. The van der Waals surface area contributed by atoms with Gasteiger partial charge in [0.15, 0.2) is 0 Å². The number of urea groups is 1. The fourth-order valence-corrected chi connectivity index (χ4v) is 3.19. The van der Waals surface area contributed by atoms with Crippen molar-refractivity contribution in [2.24, 2.45) is 0 Å². The molecule has 0 saturated carbocycles. The normalized spacial score (nSPS) is 15.0. The van der Waals surface area contributed by atoms with E-state index in [0.29, 0.717) is 10.6 Å². The van der Waals surface area contributed by atoms with E-state index in [-0.39, 0.29) is 12.5 Å². The van der Waals surface area contributed by atoms with Crippen molar-refractivity contribution in [2.75, 3.05) is 11.9 Å². The summed E-state index contributed by atoms with van der Waals surface area (Å²) in [6.07, 6.45) is 0.902. The van der Waals surface area contributed by atoms with E-state index in [0.717, 1.165) is 22.4 Å². The Morgan fingerprint density at radius 2 is 1.55 bits per heavy atom. The summed E-state index contributed by atoms with van der Waals surface area (Å²) in [6.45, 7) is 3.58. The number of rotatable bonds is 7. The van der Waals surface area contributed by atoms with Crippen LogP contribution in [-0.4, -0.2) is 40.1 Å². The van der Waals surface area contributed by atoms with Gasteiger partial charge in [-0.1, -0.05) is 62.4 Å². The smallest absolute Gasteiger partial charge is 0.324 e. The highest BCUT2D eigenvalue weighted by Crippen LogP contribution is 2.26. The van der Waals surface area contributed by atoms with Gasteiger partial charge < -0.3 is 5.32 Å². The standard InChI is InChI=1S/C22H23N3O4/c1-3-15(2)17-11-7-8-12-18(17)23-19(26)14-25-21(28)20(27)24(22(25)29)13-16-9-5-4-6-10-16/h4-12,15H,3,13-14H2,1-2H3,(H,23,26)/t15-/m0/s1. The Morgan fingerprint density at radius 1 is 0.931 bits per heavy atom. The summed E-state index contributed by atoms with van der Waals surface area (Å²) in [4.78, 5) is 51.1. The molecule has 0 bridgehead atoms. The van der Waals surface area contributed by atoms with Gasteiger partial charge in [0, 0.05) is 5.69 Å². The van der Waals surface area contributed by atoms with E-state index in [4.69, 9.17) is 0 Å². The van der Waals surface area contributed by atoms with Gasteiger partial charge >= 0.3 is 17.8 Å². The van der Waals surface area contributed by atoms with E-state index in [1.165, 1.54) is 0 Å².